The van der Waals surface area contributed by atoms with Crippen LogP contribution in [0, 0.1) is 13.8 Å². The number of rotatable bonds is 4. The van der Waals surface area contributed by atoms with Crippen LogP contribution in [0.4, 0.5) is 10.5 Å². The first-order valence-electron chi connectivity index (χ1n) is 9.72. The van der Waals surface area contributed by atoms with Crippen molar-refractivity contribution in [2.75, 3.05) is 5.32 Å². The van der Waals surface area contributed by atoms with E-state index in [1.165, 1.54) is 22.2 Å². The normalized spacial score (nSPS) is 10.8. The van der Waals surface area contributed by atoms with Gasteiger partial charge >= 0.3 is 6.03 Å². The van der Waals surface area contributed by atoms with Crippen LogP contribution in [0.5, 0.6) is 0 Å². The molecule has 0 unspecified atom stereocenters. The minimum Gasteiger partial charge on any atom is -0.307 e. The number of carbonyl (C=O) groups is 2. The lowest BCUT2D eigenvalue weighted by Gasteiger charge is -2.10. The van der Waals surface area contributed by atoms with E-state index in [2.05, 4.69) is 15.6 Å². The van der Waals surface area contributed by atoms with Crippen LogP contribution in [0.3, 0.4) is 0 Å². The van der Waals surface area contributed by atoms with Gasteiger partial charge in [0.25, 0.3) is 5.56 Å². The van der Waals surface area contributed by atoms with Crippen LogP contribution in [-0.2, 0) is 11.3 Å². The summed E-state index contributed by atoms with van der Waals surface area (Å²) in [6.07, 6.45) is 1.31. The fourth-order valence-corrected chi connectivity index (χ4v) is 4.38. The van der Waals surface area contributed by atoms with E-state index in [4.69, 9.17) is 11.6 Å². The molecule has 4 rings (SSSR count). The van der Waals surface area contributed by atoms with E-state index in [9.17, 15) is 14.4 Å². The minimum atomic E-state index is -0.665. The summed E-state index contributed by atoms with van der Waals surface area (Å²) in [7, 11) is 0. The van der Waals surface area contributed by atoms with Crippen LogP contribution in [0.25, 0.3) is 21.3 Å². The number of hydrogen-bond acceptors (Lipinski definition) is 5. The number of anilines is 1. The van der Waals surface area contributed by atoms with E-state index in [1.54, 1.807) is 18.2 Å². The zero-order valence-corrected chi connectivity index (χ0v) is 18.9. The summed E-state index contributed by atoms with van der Waals surface area (Å²) in [5, 5.41) is 7.77. The Bertz CT molecular complexity index is 1390. The fourth-order valence-electron chi connectivity index (χ4n) is 3.35. The molecule has 3 amide bonds. The fraction of sp³-hybridized carbons (Fsp3) is 0.130. The van der Waals surface area contributed by atoms with E-state index in [0.29, 0.717) is 20.9 Å². The highest BCUT2D eigenvalue weighted by Crippen LogP contribution is 2.31. The second kappa shape index (κ2) is 8.94. The predicted molar refractivity (Wildman–Crippen MR) is 127 cm³/mol. The molecule has 0 spiro atoms. The van der Waals surface area contributed by atoms with Crippen LogP contribution in [-0.4, -0.2) is 21.5 Å². The van der Waals surface area contributed by atoms with E-state index >= 15 is 0 Å². The largest absolute Gasteiger partial charge is 0.325 e. The SMILES string of the molecule is Cc1ccc(NC(=O)NC(=O)Cn2cnc3scc(-c4ccc(Cl)cc4)c3c2=O)c(C)c1. The second-order valence-corrected chi connectivity index (χ2v) is 8.63. The first-order chi connectivity index (χ1) is 15.3. The molecule has 2 heterocycles. The number of aryl methyl sites for hydroxylation is 2. The Morgan fingerprint density at radius 3 is 2.59 bits per heavy atom. The summed E-state index contributed by atoms with van der Waals surface area (Å²) in [6.45, 7) is 3.48. The lowest BCUT2D eigenvalue weighted by molar-refractivity contribution is -0.120. The molecule has 9 heteroatoms. The van der Waals surface area contributed by atoms with Crippen molar-refractivity contribution in [2.45, 2.75) is 20.4 Å². The maximum absolute atomic E-state index is 13.1. The number of amides is 3. The predicted octanol–water partition coefficient (Wildman–Crippen LogP) is 4.74. The number of fused-ring (bicyclic) bond motifs is 1. The van der Waals surface area contributed by atoms with Crippen molar-refractivity contribution in [3.05, 3.63) is 80.7 Å². The van der Waals surface area contributed by atoms with E-state index in [1.807, 2.05) is 43.5 Å². The molecule has 0 saturated heterocycles. The van der Waals surface area contributed by atoms with Crippen molar-refractivity contribution in [1.82, 2.24) is 14.9 Å². The zero-order valence-electron chi connectivity index (χ0n) is 17.3. The van der Waals surface area contributed by atoms with Gasteiger partial charge in [0.05, 0.1) is 11.7 Å². The Kier molecular flexibility index (Phi) is 6.07. The Morgan fingerprint density at radius 1 is 1.12 bits per heavy atom. The molecule has 2 N–H and O–H groups in total. The number of carbonyl (C=O) groups excluding carboxylic acids is 2. The number of urea groups is 1. The van der Waals surface area contributed by atoms with Crippen LogP contribution >= 0.6 is 22.9 Å². The maximum Gasteiger partial charge on any atom is 0.325 e. The van der Waals surface area contributed by atoms with Crippen molar-refractivity contribution in [3.63, 3.8) is 0 Å². The van der Waals surface area contributed by atoms with E-state index < -0.39 is 11.9 Å². The van der Waals surface area contributed by atoms with E-state index in [0.717, 1.165) is 22.3 Å². The standard InChI is InChI=1S/C23H19ClN4O3S/c1-13-3-8-18(14(2)9-13)26-23(31)27-19(29)10-28-12-25-21-20(22(28)30)17(11-32-21)15-4-6-16(24)7-5-15/h3-9,11-12H,10H2,1-2H3,(H2,26,27,29,31). The first kappa shape index (κ1) is 21.7. The van der Waals surface area contributed by atoms with Crippen molar-refractivity contribution in [1.29, 1.82) is 0 Å². The highest BCUT2D eigenvalue weighted by Gasteiger charge is 2.16. The number of benzene rings is 2. The summed E-state index contributed by atoms with van der Waals surface area (Å²) < 4.78 is 1.19. The number of hydrogen-bond donors (Lipinski definition) is 2. The average molecular weight is 467 g/mol. The van der Waals surface area contributed by atoms with Gasteiger partial charge in [-0.3, -0.25) is 19.5 Å². The number of aromatic nitrogens is 2. The second-order valence-electron chi connectivity index (χ2n) is 7.33. The van der Waals surface area contributed by atoms with Crippen LogP contribution in [0.15, 0.2) is 59.0 Å². The lowest BCUT2D eigenvalue weighted by Crippen LogP contribution is -2.38. The molecule has 0 radical (unpaired) electrons. The number of nitrogens with zero attached hydrogens (tertiary/aromatic N) is 2. The molecule has 0 aliphatic rings. The molecular formula is C23H19ClN4O3S. The quantitative estimate of drug-likeness (QED) is 0.454. The third kappa shape index (κ3) is 4.56. The monoisotopic (exact) mass is 466 g/mol. The molecule has 0 aliphatic heterocycles. The first-order valence-corrected chi connectivity index (χ1v) is 11.0. The molecule has 2 aromatic heterocycles. The van der Waals surface area contributed by atoms with Gasteiger partial charge in [-0.05, 0) is 43.2 Å². The molecule has 0 aliphatic carbocycles. The van der Waals surface area contributed by atoms with Crippen molar-refractivity contribution in [2.24, 2.45) is 0 Å². The topological polar surface area (TPSA) is 93.1 Å². The van der Waals surface area contributed by atoms with Gasteiger partial charge in [-0.2, -0.15) is 0 Å². The van der Waals surface area contributed by atoms with Gasteiger partial charge in [0.2, 0.25) is 5.91 Å². The third-order valence-electron chi connectivity index (χ3n) is 4.91. The Morgan fingerprint density at radius 2 is 1.88 bits per heavy atom. The summed E-state index contributed by atoms with van der Waals surface area (Å²) in [5.41, 5.74) is 3.75. The van der Waals surface area contributed by atoms with E-state index in [-0.39, 0.29) is 12.1 Å². The average Bonchev–Trinajstić information content (AvgIpc) is 3.17. The molecule has 0 atom stereocenters. The molecule has 7 nitrogen and oxygen atoms in total. The van der Waals surface area contributed by atoms with Crippen molar-refractivity contribution in [3.8, 4) is 11.1 Å². The molecule has 0 fully saturated rings. The van der Waals surface area contributed by atoms with Gasteiger partial charge < -0.3 is 5.32 Å². The van der Waals surface area contributed by atoms with Crippen LogP contribution in [0.2, 0.25) is 5.02 Å². The molecule has 162 valence electrons. The summed E-state index contributed by atoms with van der Waals surface area (Å²) >= 11 is 7.31. The van der Waals surface area contributed by atoms with Crippen LogP contribution in [0.1, 0.15) is 11.1 Å². The van der Waals surface area contributed by atoms with Gasteiger partial charge in [-0.15, -0.1) is 11.3 Å². The third-order valence-corrected chi connectivity index (χ3v) is 6.05. The minimum absolute atomic E-state index is 0.335. The Balaban J connectivity index is 1.52. The number of nitrogens with one attached hydrogen (secondary N) is 2. The smallest absolute Gasteiger partial charge is 0.307 e. The zero-order chi connectivity index (χ0) is 22.8. The molecule has 0 saturated carbocycles. The molecular weight excluding hydrogens is 448 g/mol. The summed E-state index contributed by atoms with van der Waals surface area (Å²) in [6, 6.07) is 12.0. The van der Waals surface area contributed by atoms with Gasteiger partial charge in [-0.25, -0.2) is 9.78 Å². The van der Waals surface area contributed by atoms with Crippen molar-refractivity contribution >= 4 is 50.8 Å². The lowest BCUT2D eigenvalue weighted by atomic mass is 10.1. The summed E-state index contributed by atoms with van der Waals surface area (Å²) in [5.74, 6) is -0.626. The highest BCUT2D eigenvalue weighted by molar-refractivity contribution is 7.17. The van der Waals surface area contributed by atoms with Crippen molar-refractivity contribution < 1.29 is 9.59 Å². The highest BCUT2D eigenvalue weighted by atomic mass is 35.5. The molecule has 32 heavy (non-hydrogen) atoms. The number of thiophene rings is 1. The van der Waals surface area contributed by atoms with Gasteiger partial charge in [-0.1, -0.05) is 41.4 Å². The number of halogens is 1. The Labute approximate surface area is 192 Å². The van der Waals surface area contributed by atoms with Gasteiger partial charge in [0, 0.05) is 21.7 Å². The van der Waals surface area contributed by atoms with Crippen LogP contribution < -0.4 is 16.2 Å². The maximum atomic E-state index is 13.1. The van der Waals surface area contributed by atoms with Gasteiger partial charge in [0.1, 0.15) is 11.4 Å². The molecule has 4 aromatic rings. The summed E-state index contributed by atoms with van der Waals surface area (Å²) in [4.78, 5) is 42.6. The molecule has 0 bridgehead atoms. The van der Waals surface area contributed by atoms with Gasteiger partial charge in [0.15, 0.2) is 0 Å². The molecule has 2 aromatic carbocycles. The number of imide groups is 1. The Hall–Kier alpha value is -3.49.